The molecule has 3 aromatic heterocycles. The van der Waals surface area contributed by atoms with E-state index in [4.69, 9.17) is 9.72 Å². The molecular weight excluding hydrogens is 629 g/mol. The van der Waals surface area contributed by atoms with Crippen LogP contribution < -0.4 is 10.9 Å². The van der Waals surface area contributed by atoms with E-state index in [0.29, 0.717) is 70.2 Å². The molecule has 0 saturated carbocycles. The summed E-state index contributed by atoms with van der Waals surface area (Å²) in [5.41, 5.74) is 7.79. The fourth-order valence-corrected chi connectivity index (χ4v) is 6.33. The Hall–Kier alpha value is -3.81. The maximum absolute atomic E-state index is 14.2. The minimum atomic E-state index is -4.50. The highest BCUT2D eigenvalue weighted by Gasteiger charge is 2.34. The van der Waals surface area contributed by atoms with Crippen molar-refractivity contribution in [3.8, 4) is 21.8 Å². The Labute approximate surface area is 277 Å². The van der Waals surface area contributed by atoms with Crippen molar-refractivity contribution >= 4 is 28.8 Å². The SMILES string of the molecule is C=C(C)OCC(C)(C)Cc1c(-c2cccnc2C(C)O)n(CC(F)(F)F)c2ccc(-c3nc(CCCCCCNNC=O)ns3)cc12. The second-order valence-electron chi connectivity index (χ2n) is 12.6. The van der Waals surface area contributed by atoms with Crippen LogP contribution in [0.3, 0.4) is 0 Å². The Morgan fingerprint density at radius 3 is 2.66 bits per heavy atom. The first-order valence-corrected chi connectivity index (χ1v) is 16.5. The summed E-state index contributed by atoms with van der Waals surface area (Å²) in [6, 6.07) is 8.80. The van der Waals surface area contributed by atoms with Gasteiger partial charge in [-0.05, 0) is 80.5 Å². The third-order valence-corrected chi connectivity index (χ3v) is 8.49. The van der Waals surface area contributed by atoms with Crippen LogP contribution in [-0.2, 0) is 28.9 Å². The average molecular weight is 673 g/mol. The fraction of sp³-hybridized carbons (Fsp3) is 0.471. The van der Waals surface area contributed by atoms with Crippen LogP contribution in [0, 0.1) is 5.41 Å². The molecule has 9 nitrogen and oxygen atoms in total. The third kappa shape index (κ3) is 9.85. The minimum absolute atomic E-state index is 0.304. The first kappa shape index (κ1) is 36.0. The summed E-state index contributed by atoms with van der Waals surface area (Å²) in [4.78, 5) is 19.4. The molecule has 0 bridgehead atoms. The Kier molecular flexibility index (Phi) is 12.2. The van der Waals surface area contributed by atoms with Crippen LogP contribution in [0.5, 0.6) is 0 Å². The summed E-state index contributed by atoms with van der Waals surface area (Å²) >= 11 is 1.27. The van der Waals surface area contributed by atoms with Crippen LogP contribution in [0.4, 0.5) is 13.2 Å². The number of aromatic nitrogens is 4. The zero-order valence-corrected chi connectivity index (χ0v) is 28.1. The minimum Gasteiger partial charge on any atom is -0.498 e. The molecule has 0 fully saturated rings. The van der Waals surface area contributed by atoms with Crippen LogP contribution in [-0.4, -0.2) is 49.8 Å². The second-order valence-corrected chi connectivity index (χ2v) is 13.3. The molecule has 0 radical (unpaired) electrons. The number of aliphatic hydroxyl groups excluding tert-OH is 1. The zero-order chi connectivity index (χ0) is 34.2. The summed E-state index contributed by atoms with van der Waals surface area (Å²) in [5.74, 6) is 1.29. The topological polar surface area (TPSA) is 114 Å². The number of hydrogen-bond donors (Lipinski definition) is 3. The van der Waals surface area contributed by atoms with E-state index in [1.807, 2.05) is 19.9 Å². The number of alkyl halides is 3. The number of amides is 1. The molecule has 3 N–H and O–H groups in total. The van der Waals surface area contributed by atoms with Crippen LogP contribution in [0.25, 0.3) is 32.7 Å². The molecule has 1 aromatic carbocycles. The van der Waals surface area contributed by atoms with Gasteiger partial charge >= 0.3 is 6.18 Å². The number of carbonyl (C=O) groups excluding carboxylic acids is 1. The summed E-state index contributed by atoms with van der Waals surface area (Å²) in [6.07, 6.45) is 1.59. The second kappa shape index (κ2) is 15.9. The third-order valence-electron chi connectivity index (χ3n) is 7.69. The highest BCUT2D eigenvalue weighted by atomic mass is 32.1. The summed E-state index contributed by atoms with van der Waals surface area (Å²) < 4.78 is 54.2. The fourth-order valence-electron chi connectivity index (χ4n) is 5.62. The molecule has 1 amide bonds. The van der Waals surface area contributed by atoms with E-state index in [0.717, 1.165) is 43.5 Å². The molecule has 254 valence electrons. The molecular formula is C34H43F3N6O3S. The number of unbranched alkanes of at least 4 members (excludes halogenated alkanes) is 3. The van der Waals surface area contributed by atoms with E-state index >= 15 is 0 Å². The van der Waals surface area contributed by atoms with Crippen molar-refractivity contribution < 1.29 is 27.8 Å². The number of hydrazine groups is 1. The van der Waals surface area contributed by atoms with E-state index in [-0.39, 0.29) is 0 Å². The van der Waals surface area contributed by atoms with E-state index in [1.54, 1.807) is 38.1 Å². The lowest BCUT2D eigenvalue weighted by Gasteiger charge is -2.26. The number of halogens is 3. The number of ether oxygens (including phenoxy) is 1. The number of nitrogens with zero attached hydrogens (tertiary/aromatic N) is 4. The smallest absolute Gasteiger partial charge is 0.406 e. The lowest BCUT2D eigenvalue weighted by Crippen LogP contribution is -2.30. The maximum Gasteiger partial charge on any atom is 0.406 e. The quantitative estimate of drug-likeness (QED) is 0.0440. The van der Waals surface area contributed by atoms with E-state index in [1.165, 1.54) is 22.3 Å². The van der Waals surface area contributed by atoms with Crippen molar-refractivity contribution in [2.75, 3.05) is 13.2 Å². The monoisotopic (exact) mass is 672 g/mol. The highest BCUT2D eigenvalue weighted by Crippen LogP contribution is 2.42. The predicted molar refractivity (Wildman–Crippen MR) is 178 cm³/mol. The van der Waals surface area contributed by atoms with Gasteiger partial charge in [-0.25, -0.2) is 10.4 Å². The first-order chi connectivity index (χ1) is 22.3. The van der Waals surface area contributed by atoms with Gasteiger partial charge in [-0.2, -0.15) is 17.5 Å². The van der Waals surface area contributed by atoms with Crippen molar-refractivity contribution in [2.24, 2.45) is 5.41 Å². The lowest BCUT2D eigenvalue weighted by atomic mass is 9.84. The number of allylic oxidation sites excluding steroid dienone is 1. The van der Waals surface area contributed by atoms with Crippen LogP contribution >= 0.6 is 11.5 Å². The highest BCUT2D eigenvalue weighted by molar-refractivity contribution is 7.09. The van der Waals surface area contributed by atoms with E-state index < -0.39 is 24.2 Å². The van der Waals surface area contributed by atoms with Gasteiger partial charge in [0.15, 0.2) is 0 Å². The predicted octanol–water partition coefficient (Wildman–Crippen LogP) is 7.31. The summed E-state index contributed by atoms with van der Waals surface area (Å²) in [6.45, 7) is 11.0. The Bertz CT molecular complexity index is 1660. The molecule has 1 atom stereocenters. The molecule has 13 heteroatoms. The Balaban J connectivity index is 1.76. The number of aryl methyl sites for hydroxylation is 1. The Morgan fingerprint density at radius 2 is 1.96 bits per heavy atom. The number of pyridine rings is 1. The lowest BCUT2D eigenvalue weighted by molar-refractivity contribution is -0.139. The standard InChI is InChI=1S/C34H43F3N6O3S/c1-22(2)46-20-33(4,5)18-27-26-17-24(32-41-29(42-47-32)12-8-6-7-9-16-39-40-21-44)13-14-28(26)43(19-34(35,36)37)31(27)25-11-10-15-38-30(25)23(3)45/h10-11,13-15,17,21,23,39,45H,1,6-9,12,16,18-20H2,2-5H3,(H,40,44). The molecule has 3 heterocycles. The summed E-state index contributed by atoms with van der Waals surface area (Å²) in [7, 11) is 0. The number of hydrogen-bond acceptors (Lipinski definition) is 8. The number of aliphatic hydroxyl groups is 1. The van der Waals surface area contributed by atoms with Crippen LogP contribution in [0.1, 0.15) is 76.6 Å². The number of fused-ring (bicyclic) bond motifs is 1. The van der Waals surface area contributed by atoms with Gasteiger partial charge in [0, 0.05) is 46.6 Å². The molecule has 1 unspecified atom stereocenters. The van der Waals surface area contributed by atoms with Gasteiger partial charge in [-0.15, -0.1) is 0 Å². The van der Waals surface area contributed by atoms with Gasteiger partial charge in [0.25, 0.3) is 0 Å². The number of carbonyl (C=O) groups is 1. The van der Waals surface area contributed by atoms with Gasteiger partial charge in [-0.1, -0.05) is 33.3 Å². The molecule has 0 aliphatic heterocycles. The molecule has 0 saturated heterocycles. The van der Waals surface area contributed by atoms with Gasteiger partial charge in [0.05, 0.1) is 29.9 Å². The van der Waals surface area contributed by atoms with Crippen molar-refractivity contribution in [3.63, 3.8) is 0 Å². The van der Waals surface area contributed by atoms with Gasteiger partial charge in [0.2, 0.25) is 6.41 Å². The summed E-state index contributed by atoms with van der Waals surface area (Å²) in [5, 5.41) is 12.0. The largest absolute Gasteiger partial charge is 0.498 e. The molecule has 0 aliphatic rings. The van der Waals surface area contributed by atoms with Crippen molar-refractivity contribution in [3.05, 3.63) is 65.9 Å². The molecule has 0 aliphatic carbocycles. The van der Waals surface area contributed by atoms with Crippen LogP contribution in [0.2, 0.25) is 0 Å². The molecule has 4 aromatic rings. The van der Waals surface area contributed by atoms with Crippen molar-refractivity contribution in [1.82, 2.24) is 29.8 Å². The van der Waals surface area contributed by atoms with E-state index in [2.05, 4.69) is 26.8 Å². The Morgan fingerprint density at radius 1 is 1.19 bits per heavy atom. The zero-order valence-electron chi connectivity index (χ0n) is 27.3. The van der Waals surface area contributed by atoms with Gasteiger partial charge in [-0.3, -0.25) is 15.2 Å². The van der Waals surface area contributed by atoms with Gasteiger partial charge < -0.3 is 14.4 Å². The average Bonchev–Trinajstić information content (AvgIpc) is 3.59. The normalized spacial score (nSPS) is 12.8. The number of nitrogens with one attached hydrogen (secondary N) is 2. The van der Waals surface area contributed by atoms with Crippen LogP contribution in [0.15, 0.2) is 48.9 Å². The number of rotatable bonds is 18. The van der Waals surface area contributed by atoms with E-state index in [9.17, 15) is 23.1 Å². The number of benzene rings is 1. The van der Waals surface area contributed by atoms with Crippen molar-refractivity contribution in [2.45, 2.75) is 85.0 Å². The molecule has 0 spiro atoms. The first-order valence-electron chi connectivity index (χ1n) is 15.7. The molecule has 47 heavy (non-hydrogen) atoms. The van der Waals surface area contributed by atoms with Crippen molar-refractivity contribution in [1.29, 1.82) is 0 Å². The maximum atomic E-state index is 14.2. The van der Waals surface area contributed by atoms with Gasteiger partial charge in [0.1, 0.15) is 17.4 Å². The molecule has 4 rings (SSSR count).